The Morgan fingerprint density at radius 3 is 2.33 bits per heavy atom. The predicted octanol–water partition coefficient (Wildman–Crippen LogP) is 3.91. The molecule has 0 spiro atoms. The van der Waals surface area contributed by atoms with Crippen molar-refractivity contribution in [3.63, 3.8) is 0 Å². The molecular weight excluding hydrogens is 345 g/mol. The van der Waals surface area contributed by atoms with E-state index < -0.39 is 5.60 Å². The van der Waals surface area contributed by atoms with E-state index in [9.17, 15) is 14.3 Å². The maximum Gasteiger partial charge on any atom is 0.201 e. The molecule has 0 amide bonds. The second-order valence-electron chi connectivity index (χ2n) is 7.00. The van der Waals surface area contributed by atoms with Gasteiger partial charge in [0, 0.05) is 18.2 Å². The summed E-state index contributed by atoms with van der Waals surface area (Å²) in [6.07, 6.45) is 0.420. The minimum Gasteiger partial charge on any atom is -0.474 e. The summed E-state index contributed by atoms with van der Waals surface area (Å²) < 4.78 is 18.9. The smallest absolute Gasteiger partial charge is 0.201 e. The molecular formula is C22H22FNO3. The van der Waals surface area contributed by atoms with E-state index in [1.54, 1.807) is 26.0 Å². The third-order valence-corrected chi connectivity index (χ3v) is 4.20. The quantitative estimate of drug-likeness (QED) is 0.694. The average Bonchev–Trinajstić information content (AvgIpc) is 2.61. The van der Waals surface area contributed by atoms with Crippen molar-refractivity contribution in [2.45, 2.75) is 32.5 Å². The summed E-state index contributed by atoms with van der Waals surface area (Å²) in [6.45, 7) is 3.36. The molecule has 140 valence electrons. The number of aromatic amines is 1. The van der Waals surface area contributed by atoms with E-state index in [-0.39, 0.29) is 29.3 Å². The van der Waals surface area contributed by atoms with Crippen molar-refractivity contribution < 1.29 is 14.2 Å². The van der Waals surface area contributed by atoms with E-state index >= 15 is 0 Å². The molecule has 0 bridgehead atoms. The number of nitrogens with one attached hydrogen (secondary N) is 1. The van der Waals surface area contributed by atoms with Crippen LogP contribution < -0.4 is 10.2 Å². The molecule has 3 aromatic rings. The second kappa shape index (κ2) is 7.76. The maximum atomic E-state index is 13.1. The average molecular weight is 367 g/mol. The van der Waals surface area contributed by atoms with Crippen molar-refractivity contribution in [2.24, 2.45) is 0 Å². The number of H-pyrrole nitrogens is 1. The zero-order chi connectivity index (χ0) is 19.4. The van der Waals surface area contributed by atoms with E-state index in [4.69, 9.17) is 4.74 Å². The Kier molecular flexibility index (Phi) is 5.42. The molecule has 5 heteroatoms. The van der Waals surface area contributed by atoms with E-state index in [1.807, 2.05) is 30.3 Å². The van der Waals surface area contributed by atoms with Crippen molar-refractivity contribution in [3.8, 4) is 5.88 Å². The summed E-state index contributed by atoms with van der Waals surface area (Å²) in [5.74, 6) is -0.0625. The van der Waals surface area contributed by atoms with Gasteiger partial charge in [0.2, 0.25) is 5.88 Å². The lowest BCUT2D eigenvalue weighted by atomic mass is 9.98. The van der Waals surface area contributed by atoms with Crippen LogP contribution in [0.25, 0.3) is 0 Å². The summed E-state index contributed by atoms with van der Waals surface area (Å²) in [6, 6.07) is 17.1. The van der Waals surface area contributed by atoms with Crippen molar-refractivity contribution in [3.05, 3.63) is 99.1 Å². The maximum absolute atomic E-state index is 13.1. The number of hydrogen-bond donors (Lipinski definition) is 2. The lowest BCUT2D eigenvalue weighted by Crippen LogP contribution is -2.27. The van der Waals surface area contributed by atoms with Gasteiger partial charge in [-0.3, -0.25) is 4.79 Å². The number of benzene rings is 2. The number of pyridine rings is 1. The summed E-state index contributed by atoms with van der Waals surface area (Å²) in [4.78, 5) is 15.8. The van der Waals surface area contributed by atoms with Gasteiger partial charge in [0.25, 0.3) is 0 Å². The van der Waals surface area contributed by atoms with Gasteiger partial charge in [0.15, 0.2) is 5.43 Å². The Morgan fingerprint density at radius 2 is 1.70 bits per heavy atom. The fourth-order valence-electron chi connectivity index (χ4n) is 2.92. The molecule has 1 heterocycles. The highest BCUT2D eigenvalue weighted by molar-refractivity contribution is 5.35. The summed E-state index contributed by atoms with van der Waals surface area (Å²) >= 11 is 0. The van der Waals surface area contributed by atoms with Gasteiger partial charge in [-0.2, -0.15) is 0 Å². The standard InChI is InChI=1S/C22H22FNO3/c1-22(2,26)20-19(25)13-18(12-15-8-10-17(23)11-9-15)24-21(20)27-14-16-6-4-3-5-7-16/h3-11,13,26H,12,14H2,1-2H3,(H,24,25). The molecule has 1 aromatic heterocycles. The van der Waals surface area contributed by atoms with Gasteiger partial charge in [-0.15, -0.1) is 0 Å². The van der Waals surface area contributed by atoms with E-state index in [0.717, 1.165) is 11.1 Å². The molecule has 2 aromatic carbocycles. The van der Waals surface area contributed by atoms with Crippen LogP contribution in [0.1, 0.15) is 36.2 Å². The van der Waals surface area contributed by atoms with Crippen LogP contribution >= 0.6 is 0 Å². The number of ether oxygens (including phenoxy) is 1. The zero-order valence-corrected chi connectivity index (χ0v) is 15.3. The Balaban J connectivity index is 1.93. The highest BCUT2D eigenvalue weighted by Crippen LogP contribution is 2.26. The highest BCUT2D eigenvalue weighted by atomic mass is 19.1. The summed E-state index contributed by atoms with van der Waals surface area (Å²) in [7, 11) is 0. The topological polar surface area (TPSA) is 62.3 Å². The Labute approximate surface area is 157 Å². The molecule has 0 saturated carbocycles. The number of rotatable bonds is 6. The fourth-order valence-corrected chi connectivity index (χ4v) is 2.92. The molecule has 4 nitrogen and oxygen atoms in total. The first kappa shape index (κ1) is 18.9. The van der Waals surface area contributed by atoms with E-state index in [0.29, 0.717) is 12.1 Å². The predicted molar refractivity (Wildman–Crippen MR) is 102 cm³/mol. The van der Waals surface area contributed by atoms with Crippen molar-refractivity contribution in [2.75, 3.05) is 0 Å². The van der Waals surface area contributed by atoms with Crippen molar-refractivity contribution >= 4 is 0 Å². The molecule has 0 radical (unpaired) electrons. The fraction of sp³-hybridized carbons (Fsp3) is 0.227. The molecule has 0 atom stereocenters. The highest BCUT2D eigenvalue weighted by Gasteiger charge is 2.26. The SMILES string of the molecule is CC(C)(O)c1c(OCc2ccccc2)[nH]c(Cc2ccc(F)cc2)cc1=O. The van der Waals surface area contributed by atoms with Gasteiger partial charge in [-0.1, -0.05) is 42.5 Å². The van der Waals surface area contributed by atoms with Crippen LogP contribution in [0, 0.1) is 5.82 Å². The number of hydrogen-bond acceptors (Lipinski definition) is 3. The second-order valence-corrected chi connectivity index (χ2v) is 7.00. The monoisotopic (exact) mass is 367 g/mol. The van der Waals surface area contributed by atoms with Crippen LogP contribution in [0.3, 0.4) is 0 Å². The van der Waals surface area contributed by atoms with Crippen LogP contribution in [0.4, 0.5) is 4.39 Å². The molecule has 2 N–H and O–H groups in total. The molecule has 0 fully saturated rings. The molecule has 0 saturated heterocycles. The lowest BCUT2D eigenvalue weighted by molar-refractivity contribution is 0.0722. The van der Waals surface area contributed by atoms with Crippen LogP contribution in [-0.4, -0.2) is 10.1 Å². The van der Waals surface area contributed by atoms with E-state index in [1.165, 1.54) is 18.2 Å². The Bertz CT molecular complexity index is 958. The molecule has 0 unspecified atom stereocenters. The third-order valence-electron chi connectivity index (χ3n) is 4.20. The molecule has 0 aliphatic rings. The molecule has 3 rings (SSSR count). The van der Waals surface area contributed by atoms with Gasteiger partial charge in [-0.25, -0.2) is 4.39 Å². The number of aromatic nitrogens is 1. The minimum atomic E-state index is -1.35. The van der Waals surface area contributed by atoms with Gasteiger partial charge in [0.05, 0.1) is 11.2 Å². The van der Waals surface area contributed by atoms with Gasteiger partial charge in [-0.05, 0) is 37.1 Å². The lowest BCUT2D eigenvalue weighted by Gasteiger charge is -2.21. The van der Waals surface area contributed by atoms with Gasteiger partial charge >= 0.3 is 0 Å². The van der Waals surface area contributed by atoms with Crippen LogP contribution in [0.15, 0.2) is 65.5 Å². The van der Waals surface area contributed by atoms with Gasteiger partial charge < -0.3 is 14.8 Å². The zero-order valence-electron chi connectivity index (χ0n) is 15.3. The number of aliphatic hydroxyl groups is 1. The third kappa shape index (κ3) is 4.83. The molecule has 0 aliphatic heterocycles. The number of halogens is 1. The van der Waals surface area contributed by atoms with Crippen LogP contribution in [-0.2, 0) is 18.6 Å². The Hall–Kier alpha value is -2.92. The summed E-state index contributed by atoms with van der Waals surface area (Å²) in [5.41, 5.74) is 0.958. The van der Waals surface area contributed by atoms with Crippen LogP contribution in [0.2, 0.25) is 0 Å². The minimum absolute atomic E-state index is 0.182. The first-order valence-corrected chi connectivity index (χ1v) is 8.73. The normalized spacial score (nSPS) is 11.4. The van der Waals surface area contributed by atoms with Gasteiger partial charge in [0.1, 0.15) is 12.4 Å². The summed E-state index contributed by atoms with van der Waals surface area (Å²) in [5, 5.41) is 10.4. The first-order chi connectivity index (χ1) is 12.8. The van der Waals surface area contributed by atoms with Crippen LogP contribution in [0.5, 0.6) is 5.88 Å². The van der Waals surface area contributed by atoms with Crippen molar-refractivity contribution in [1.82, 2.24) is 4.98 Å². The Morgan fingerprint density at radius 1 is 1.04 bits per heavy atom. The largest absolute Gasteiger partial charge is 0.474 e. The van der Waals surface area contributed by atoms with Crippen molar-refractivity contribution in [1.29, 1.82) is 0 Å². The molecule has 0 aliphatic carbocycles. The molecule has 27 heavy (non-hydrogen) atoms. The first-order valence-electron chi connectivity index (χ1n) is 8.73. The van der Waals surface area contributed by atoms with E-state index in [2.05, 4.69) is 4.98 Å².